The second-order valence-corrected chi connectivity index (χ2v) is 5.92. The fraction of sp³-hybridized carbons (Fsp3) is 0.222. The van der Waals surface area contributed by atoms with Gasteiger partial charge in [0.05, 0.1) is 5.56 Å². The van der Waals surface area contributed by atoms with Crippen molar-refractivity contribution in [2.75, 3.05) is 24.3 Å². The largest absolute Gasteiger partial charge is 0.378 e. The number of hydrazine groups is 1. The van der Waals surface area contributed by atoms with Crippen molar-refractivity contribution in [1.29, 1.82) is 0 Å². The maximum atomic E-state index is 12.8. The highest BCUT2D eigenvalue weighted by Crippen LogP contribution is 2.32. The predicted octanol–water partition coefficient (Wildman–Crippen LogP) is 2.37. The van der Waals surface area contributed by atoms with E-state index in [-0.39, 0.29) is 11.8 Å². The normalized spacial score (nSPS) is 16.2. The molecule has 6 heteroatoms. The van der Waals surface area contributed by atoms with E-state index in [1.807, 2.05) is 55.4 Å². The molecule has 6 nitrogen and oxygen atoms in total. The first-order valence-corrected chi connectivity index (χ1v) is 7.71. The molecule has 0 radical (unpaired) electrons. The number of amides is 2. The van der Waals surface area contributed by atoms with Crippen LogP contribution in [0.2, 0.25) is 0 Å². The minimum atomic E-state index is -0.465. The molecular formula is C18H20N4O2. The molecule has 0 saturated carbocycles. The van der Waals surface area contributed by atoms with Crippen molar-refractivity contribution in [1.82, 2.24) is 10.4 Å². The molecule has 1 aliphatic rings. The van der Waals surface area contributed by atoms with Gasteiger partial charge in [0.15, 0.2) is 0 Å². The summed E-state index contributed by atoms with van der Waals surface area (Å²) < 4.78 is 0. The molecule has 1 aliphatic heterocycles. The zero-order chi connectivity index (χ0) is 17.3. The summed E-state index contributed by atoms with van der Waals surface area (Å²) >= 11 is 0. The zero-order valence-electron chi connectivity index (χ0n) is 13.9. The van der Waals surface area contributed by atoms with Crippen LogP contribution in [0, 0.1) is 0 Å². The van der Waals surface area contributed by atoms with E-state index in [4.69, 9.17) is 0 Å². The van der Waals surface area contributed by atoms with Crippen LogP contribution in [0.15, 0.2) is 48.5 Å². The second-order valence-electron chi connectivity index (χ2n) is 5.92. The average molecular weight is 324 g/mol. The molecule has 0 saturated heterocycles. The van der Waals surface area contributed by atoms with Gasteiger partial charge in [-0.15, -0.1) is 0 Å². The quantitative estimate of drug-likeness (QED) is 0.910. The molecule has 2 aromatic rings. The SMILES string of the molecule is CC(=O)NN1C(=O)c2ccccc2N[C@H]1c1ccc(N(C)C)cc1. The van der Waals surface area contributed by atoms with Crippen molar-refractivity contribution in [3.8, 4) is 0 Å². The minimum Gasteiger partial charge on any atom is -0.378 e. The molecule has 2 N–H and O–H groups in total. The third-order valence-electron chi connectivity index (χ3n) is 3.93. The second kappa shape index (κ2) is 6.23. The lowest BCUT2D eigenvalue weighted by Crippen LogP contribution is -2.52. The van der Waals surface area contributed by atoms with E-state index in [9.17, 15) is 9.59 Å². The Morgan fingerprint density at radius 2 is 1.79 bits per heavy atom. The number of carbonyl (C=O) groups excluding carboxylic acids is 2. The third-order valence-corrected chi connectivity index (χ3v) is 3.93. The van der Waals surface area contributed by atoms with Gasteiger partial charge in [-0.25, -0.2) is 5.01 Å². The fourth-order valence-corrected chi connectivity index (χ4v) is 2.73. The van der Waals surface area contributed by atoms with Crippen molar-refractivity contribution < 1.29 is 9.59 Å². The molecule has 0 aliphatic carbocycles. The molecule has 2 aromatic carbocycles. The van der Waals surface area contributed by atoms with Gasteiger partial charge in [0.1, 0.15) is 6.17 Å². The molecule has 0 spiro atoms. The summed E-state index contributed by atoms with van der Waals surface area (Å²) in [7, 11) is 3.94. The third kappa shape index (κ3) is 2.90. The Morgan fingerprint density at radius 3 is 2.42 bits per heavy atom. The highest BCUT2D eigenvalue weighted by Gasteiger charge is 2.33. The fourth-order valence-electron chi connectivity index (χ4n) is 2.73. The van der Waals surface area contributed by atoms with Crippen molar-refractivity contribution in [3.05, 3.63) is 59.7 Å². The zero-order valence-corrected chi connectivity index (χ0v) is 13.9. The molecular weight excluding hydrogens is 304 g/mol. The van der Waals surface area contributed by atoms with Gasteiger partial charge in [-0.1, -0.05) is 24.3 Å². The summed E-state index contributed by atoms with van der Waals surface area (Å²) in [4.78, 5) is 26.3. The van der Waals surface area contributed by atoms with Gasteiger partial charge >= 0.3 is 0 Å². The van der Waals surface area contributed by atoms with Crippen LogP contribution in [0.4, 0.5) is 11.4 Å². The molecule has 0 fully saturated rings. The van der Waals surface area contributed by atoms with Crippen molar-refractivity contribution in [2.45, 2.75) is 13.1 Å². The van der Waals surface area contributed by atoms with Crippen molar-refractivity contribution in [3.63, 3.8) is 0 Å². The molecule has 3 rings (SSSR count). The lowest BCUT2D eigenvalue weighted by molar-refractivity contribution is -0.123. The Hall–Kier alpha value is -3.02. The molecule has 2 amide bonds. The number of hydrogen-bond donors (Lipinski definition) is 2. The van der Waals surface area contributed by atoms with Crippen LogP contribution in [-0.4, -0.2) is 30.9 Å². The highest BCUT2D eigenvalue weighted by atomic mass is 16.2. The number of anilines is 2. The first kappa shape index (κ1) is 15.9. The molecule has 24 heavy (non-hydrogen) atoms. The Kier molecular flexibility index (Phi) is 4.12. The Balaban J connectivity index is 2.00. The lowest BCUT2D eigenvalue weighted by Gasteiger charge is -2.37. The van der Waals surface area contributed by atoms with E-state index in [1.54, 1.807) is 12.1 Å². The van der Waals surface area contributed by atoms with E-state index in [0.717, 1.165) is 16.9 Å². The maximum absolute atomic E-state index is 12.8. The number of para-hydroxylation sites is 1. The Bertz CT molecular complexity index is 771. The van der Waals surface area contributed by atoms with E-state index < -0.39 is 6.17 Å². The standard InChI is InChI=1S/C18H20N4O2/c1-12(23)20-22-17(13-8-10-14(11-9-13)21(2)3)19-16-7-5-4-6-15(16)18(22)24/h4-11,17,19H,1-3H3,(H,20,23)/t17-/m1/s1. The summed E-state index contributed by atoms with van der Waals surface area (Å²) in [5.74, 6) is -0.527. The topological polar surface area (TPSA) is 64.7 Å². The van der Waals surface area contributed by atoms with Gasteiger partial charge in [-0.2, -0.15) is 0 Å². The van der Waals surface area contributed by atoms with Gasteiger partial charge in [-0.3, -0.25) is 15.0 Å². The van der Waals surface area contributed by atoms with Gasteiger partial charge in [-0.05, 0) is 29.8 Å². The number of carbonyl (C=O) groups is 2. The summed E-state index contributed by atoms with van der Waals surface area (Å²) in [6, 6.07) is 15.1. The van der Waals surface area contributed by atoms with Gasteiger partial charge < -0.3 is 10.2 Å². The van der Waals surface area contributed by atoms with Crippen molar-refractivity contribution in [2.24, 2.45) is 0 Å². The van der Waals surface area contributed by atoms with Crippen LogP contribution in [0.3, 0.4) is 0 Å². The number of nitrogens with zero attached hydrogens (tertiary/aromatic N) is 2. The van der Waals surface area contributed by atoms with E-state index in [1.165, 1.54) is 11.9 Å². The van der Waals surface area contributed by atoms with E-state index >= 15 is 0 Å². The Morgan fingerprint density at radius 1 is 1.12 bits per heavy atom. The van der Waals surface area contributed by atoms with Crippen LogP contribution < -0.4 is 15.6 Å². The maximum Gasteiger partial charge on any atom is 0.276 e. The number of rotatable bonds is 3. The van der Waals surface area contributed by atoms with E-state index in [2.05, 4.69) is 10.7 Å². The van der Waals surface area contributed by atoms with Crippen LogP contribution in [-0.2, 0) is 4.79 Å². The molecule has 0 aromatic heterocycles. The summed E-state index contributed by atoms with van der Waals surface area (Å²) in [5, 5.41) is 4.67. The first-order chi connectivity index (χ1) is 11.5. The monoisotopic (exact) mass is 324 g/mol. The highest BCUT2D eigenvalue weighted by molar-refractivity contribution is 6.02. The van der Waals surface area contributed by atoms with Gasteiger partial charge in [0.2, 0.25) is 5.91 Å². The van der Waals surface area contributed by atoms with Crippen LogP contribution in [0.1, 0.15) is 29.0 Å². The van der Waals surface area contributed by atoms with Gasteiger partial charge in [0.25, 0.3) is 5.91 Å². The predicted molar refractivity (Wildman–Crippen MR) is 93.6 cm³/mol. The number of hydrogen-bond acceptors (Lipinski definition) is 4. The number of benzene rings is 2. The van der Waals surface area contributed by atoms with Crippen molar-refractivity contribution >= 4 is 23.2 Å². The average Bonchev–Trinajstić information content (AvgIpc) is 2.57. The summed E-state index contributed by atoms with van der Waals surface area (Å²) in [6.45, 7) is 1.39. The van der Waals surface area contributed by atoms with E-state index in [0.29, 0.717) is 5.56 Å². The van der Waals surface area contributed by atoms with Crippen LogP contribution in [0.25, 0.3) is 0 Å². The minimum absolute atomic E-state index is 0.235. The summed E-state index contributed by atoms with van der Waals surface area (Å²) in [5.41, 5.74) is 5.87. The molecule has 1 heterocycles. The summed E-state index contributed by atoms with van der Waals surface area (Å²) in [6.07, 6.45) is -0.465. The number of nitrogens with one attached hydrogen (secondary N) is 2. The lowest BCUT2D eigenvalue weighted by atomic mass is 10.0. The Labute approximate surface area is 141 Å². The molecule has 124 valence electrons. The van der Waals surface area contributed by atoms with Crippen LogP contribution >= 0.6 is 0 Å². The molecule has 1 atom stereocenters. The molecule has 0 unspecified atom stereocenters. The van der Waals surface area contributed by atoms with Gasteiger partial charge in [0, 0.05) is 32.4 Å². The first-order valence-electron chi connectivity index (χ1n) is 7.71. The number of fused-ring (bicyclic) bond motifs is 1. The smallest absolute Gasteiger partial charge is 0.276 e. The van der Waals surface area contributed by atoms with Crippen LogP contribution in [0.5, 0.6) is 0 Å². The molecule has 0 bridgehead atoms.